The van der Waals surface area contributed by atoms with E-state index in [2.05, 4.69) is 0 Å². The van der Waals surface area contributed by atoms with Crippen molar-refractivity contribution in [2.24, 2.45) is 0 Å². The van der Waals surface area contributed by atoms with Gasteiger partial charge < -0.3 is 0 Å². The highest BCUT2D eigenvalue weighted by Gasteiger charge is 2.03. The number of nitrogens with zero attached hydrogens (tertiary/aromatic N) is 1. The van der Waals surface area contributed by atoms with Gasteiger partial charge in [0.05, 0.1) is 0 Å². The van der Waals surface area contributed by atoms with Crippen LogP contribution in [-0.4, -0.2) is 0 Å². The molecule has 0 saturated carbocycles. The van der Waals surface area contributed by atoms with Gasteiger partial charge in [0.2, 0.25) is 0 Å². The van der Waals surface area contributed by atoms with Gasteiger partial charge in [0.25, 0.3) is 0 Å². The molecule has 3 heteroatoms. The van der Waals surface area contributed by atoms with Gasteiger partial charge >= 0.3 is 0 Å². The molecule has 0 aliphatic heterocycles. The van der Waals surface area contributed by atoms with Crippen LogP contribution in [0.15, 0.2) is 18.2 Å². The minimum atomic E-state index is -1.20. The van der Waals surface area contributed by atoms with Crippen molar-refractivity contribution in [3.8, 4) is 0 Å². The van der Waals surface area contributed by atoms with Gasteiger partial charge in [-0.2, -0.15) is 0 Å². The molecule has 0 aliphatic carbocycles. The number of rotatable bonds is 0. The van der Waals surface area contributed by atoms with E-state index in [1.165, 1.54) is 6.07 Å². The molecule has 1 rings (SSSR count). The fraction of sp³-hybridized carbons (Fsp3) is 0. The molecule has 0 atom stereocenters. The predicted molar refractivity (Wildman–Crippen MR) is 28.2 cm³/mol. The largest absolute Gasteiger partial charge is 0.204 e. The van der Waals surface area contributed by atoms with Crippen molar-refractivity contribution in [3.63, 3.8) is 0 Å². The quantitative estimate of drug-likeness (QED) is 0.505. The lowest BCUT2D eigenvalue weighted by Crippen LogP contribution is -1.83. The third kappa shape index (κ3) is 0.988. The summed E-state index contributed by atoms with van der Waals surface area (Å²) in [4.78, 5) is 0. The van der Waals surface area contributed by atoms with Gasteiger partial charge in [-0.25, -0.2) is 8.78 Å². The fourth-order valence-electron chi connectivity index (χ4n) is 0.492. The van der Waals surface area contributed by atoms with E-state index in [0.717, 1.165) is 12.1 Å². The molecule has 1 aromatic rings. The molecule has 0 unspecified atom stereocenters. The summed E-state index contributed by atoms with van der Waals surface area (Å²) in [5, 5.41) is 0. The molecule has 0 aliphatic rings. The molecule has 0 N–H and O–H groups in total. The Morgan fingerprint density at radius 1 is 1.22 bits per heavy atom. The highest BCUT2D eigenvalue weighted by molar-refractivity contribution is 5.35. The maximum absolute atomic E-state index is 12.1. The second-order valence-electron chi connectivity index (χ2n) is 1.57. The highest BCUT2D eigenvalue weighted by Crippen LogP contribution is 2.13. The molecule has 2 radical (unpaired) electrons. The normalized spacial score (nSPS) is 9.56. The van der Waals surface area contributed by atoms with Crippen molar-refractivity contribution < 1.29 is 8.78 Å². The van der Waals surface area contributed by atoms with Crippen molar-refractivity contribution in [3.05, 3.63) is 29.8 Å². The molecule has 1 nitrogen and oxygen atoms in total. The van der Waals surface area contributed by atoms with Gasteiger partial charge in [-0.1, -0.05) is 6.07 Å². The second-order valence-corrected chi connectivity index (χ2v) is 1.57. The zero-order chi connectivity index (χ0) is 6.85. The zero-order valence-electron chi connectivity index (χ0n) is 4.44. The van der Waals surface area contributed by atoms with E-state index in [9.17, 15) is 8.78 Å². The van der Waals surface area contributed by atoms with Crippen LogP contribution in [0, 0.1) is 11.6 Å². The van der Waals surface area contributed by atoms with Gasteiger partial charge in [-0.15, -0.1) is 5.73 Å². The predicted octanol–water partition coefficient (Wildman–Crippen LogP) is 1.66. The Hall–Kier alpha value is -1.12. The molecular formula is C6H3F2N. The van der Waals surface area contributed by atoms with Crippen molar-refractivity contribution in [2.75, 3.05) is 0 Å². The summed E-state index contributed by atoms with van der Waals surface area (Å²) in [6.45, 7) is 0. The summed E-state index contributed by atoms with van der Waals surface area (Å²) >= 11 is 0. The molecule has 0 bridgehead atoms. The maximum Gasteiger partial charge on any atom is 0.186 e. The Kier molecular flexibility index (Phi) is 1.34. The van der Waals surface area contributed by atoms with E-state index in [-0.39, 0.29) is 0 Å². The third-order valence-corrected chi connectivity index (χ3v) is 0.931. The Balaban J connectivity index is 3.25. The first-order valence-corrected chi connectivity index (χ1v) is 2.35. The van der Waals surface area contributed by atoms with Crippen molar-refractivity contribution in [1.82, 2.24) is 5.73 Å². The Bertz CT molecular complexity index is 202. The first kappa shape index (κ1) is 6.01. The van der Waals surface area contributed by atoms with Gasteiger partial charge in [0.15, 0.2) is 11.6 Å². The smallest absolute Gasteiger partial charge is 0.186 e. The number of hydrogen-bond acceptors (Lipinski definition) is 0. The number of halogens is 2. The van der Waals surface area contributed by atoms with E-state index in [0.29, 0.717) is 0 Å². The third-order valence-electron chi connectivity index (χ3n) is 0.931. The summed E-state index contributed by atoms with van der Waals surface area (Å²) in [6, 6.07) is 3.25. The molecular weight excluding hydrogens is 124 g/mol. The van der Waals surface area contributed by atoms with Gasteiger partial charge in [-0.05, 0) is 12.1 Å². The summed E-state index contributed by atoms with van der Waals surface area (Å²) in [6.07, 6.45) is 0. The highest BCUT2D eigenvalue weighted by atomic mass is 19.2. The van der Waals surface area contributed by atoms with Gasteiger partial charge in [-0.3, -0.25) is 0 Å². The van der Waals surface area contributed by atoms with Crippen LogP contribution in [0.1, 0.15) is 0 Å². The summed E-state index contributed by atoms with van der Waals surface area (Å²) in [5.41, 5.74) is 7.83. The fourth-order valence-corrected chi connectivity index (χ4v) is 0.492. The van der Waals surface area contributed by atoms with Crippen LogP contribution in [0.4, 0.5) is 14.5 Å². The molecule has 46 valence electrons. The van der Waals surface area contributed by atoms with E-state index >= 15 is 0 Å². The van der Waals surface area contributed by atoms with Gasteiger partial charge in [0.1, 0.15) is 5.69 Å². The minimum Gasteiger partial charge on any atom is -0.204 e. The minimum absolute atomic E-state index is 0.657. The van der Waals surface area contributed by atoms with Gasteiger partial charge in [0, 0.05) is 0 Å². The van der Waals surface area contributed by atoms with E-state index in [1.54, 1.807) is 0 Å². The maximum atomic E-state index is 12.1. The van der Waals surface area contributed by atoms with Crippen LogP contribution >= 0.6 is 0 Å². The monoisotopic (exact) mass is 127 g/mol. The summed E-state index contributed by atoms with van der Waals surface area (Å²) in [5.74, 6) is -2.23. The first-order valence-electron chi connectivity index (χ1n) is 2.35. The van der Waals surface area contributed by atoms with Crippen LogP contribution < -0.4 is 5.73 Å². The molecule has 0 aromatic heterocycles. The Morgan fingerprint density at radius 3 is 2.33 bits per heavy atom. The average molecular weight is 127 g/mol. The van der Waals surface area contributed by atoms with Crippen molar-refractivity contribution in [1.29, 1.82) is 0 Å². The van der Waals surface area contributed by atoms with Crippen LogP contribution in [0.25, 0.3) is 0 Å². The molecule has 0 spiro atoms. The van der Waals surface area contributed by atoms with E-state index in [1.807, 2.05) is 0 Å². The Labute approximate surface area is 51.1 Å². The molecule has 1 aromatic carbocycles. The number of benzene rings is 1. The lowest BCUT2D eigenvalue weighted by Gasteiger charge is -1.90. The lowest BCUT2D eigenvalue weighted by atomic mass is 10.3. The van der Waals surface area contributed by atoms with E-state index in [4.69, 9.17) is 5.73 Å². The summed E-state index contributed by atoms with van der Waals surface area (Å²) < 4.78 is 24.2. The first-order chi connectivity index (χ1) is 4.22. The van der Waals surface area contributed by atoms with Crippen LogP contribution in [0.3, 0.4) is 0 Å². The standard InChI is InChI=1S/C6H3F2N/c7-4-2-1-3-5(9)6(4)8/h1-3H. The molecule has 0 fully saturated rings. The second kappa shape index (κ2) is 2.01. The Morgan fingerprint density at radius 2 is 1.89 bits per heavy atom. The topological polar surface area (TPSA) is 22.3 Å². The zero-order valence-corrected chi connectivity index (χ0v) is 4.44. The lowest BCUT2D eigenvalue weighted by molar-refractivity contribution is 0.510. The van der Waals surface area contributed by atoms with Crippen molar-refractivity contribution >= 4 is 5.69 Å². The SMILES string of the molecule is [N]c1cccc(F)c1F. The summed E-state index contributed by atoms with van der Waals surface area (Å²) in [7, 11) is 0. The van der Waals surface area contributed by atoms with Crippen LogP contribution in [0.2, 0.25) is 0 Å². The van der Waals surface area contributed by atoms with Crippen LogP contribution in [0.5, 0.6) is 0 Å². The van der Waals surface area contributed by atoms with E-state index < -0.39 is 17.3 Å². The molecule has 0 heterocycles. The molecule has 0 amide bonds. The van der Waals surface area contributed by atoms with Crippen LogP contribution in [-0.2, 0) is 0 Å². The number of hydrogen-bond donors (Lipinski definition) is 0. The molecule has 0 saturated heterocycles. The average Bonchev–Trinajstić information content (AvgIpc) is 1.83. The van der Waals surface area contributed by atoms with Crippen molar-refractivity contribution in [2.45, 2.75) is 0 Å². The molecule has 9 heavy (non-hydrogen) atoms.